The fraction of sp³-hybridized carbons (Fsp3) is 0.615. The molecule has 0 fully saturated rings. The maximum atomic E-state index is 11.6. The molecule has 1 heterocycles. The van der Waals surface area contributed by atoms with Crippen molar-refractivity contribution >= 4 is 46.6 Å². The molecule has 2 atom stereocenters. The average Bonchev–Trinajstić information content (AvgIpc) is 2.49. The maximum absolute atomic E-state index is 11.6. The van der Waals surface area contributed by atoms with E-state index >= 15 is 0 Å². The number of nitrogens with one attached hydrogen (secondary N) is 1. The highest BCUT2D eigenvalue weighted by Crippen LogP contribution is 2.25. The van der Waals surface area contributed by atoms with Crippen LogP contribution in [0, 0.1) is 5.92 Å². The summed E-state index contributed by atoms with van der Waals surface area (Å²) in [6.07, 6.45) is 0. The van der Waals surface area contributed by atoms with E-state index in [0.29, 0.717) is 19.1 Å². The average molecular weight is 371 g/mol. The van der Waals surface area contributed by atoms with E-state index in [1.54, 1.807) is 0 Å². The number of carbonyl (C=O) groups excluding carboxylic acids is 1. The van der Waals surface area contributed by atoms with Gasteiger partial charge in [-0.25, -0.2) is 9.78 Å². The minimum Gasteiger partial charge on any atom is -0.464 e. The lowest BCUT2D eigenvalue weighted by Crippen LogP contribution is -2.24. The van der Waals surface area contributed by atoms with Crippen molar-refractivity contribution in [1.82, 2.24) is 9.97 Å². The third-order valence-electron chi connectivity index (χ3n) is 2.62. The van der Waals surface area contributed by atoms with Crippen LogP contribution in [0.15, 0.2) is 0 Å². The SMILES string of the molecule is COC(=O)c1nc(Cl)nc(N[C@H](C)COC[C@@H](C)CCl)c1Cl. The second-order valence-corrected chi connectivity index (χ2v) is 5.86. The molecule has 0 radical (unpaired) electrons. The molecule has 0 aliphatic heterocycles. The zero-order valence-corrected chi connectivity index (χ0v) is 14.8. The molecule has 0 amide bonds. The zero-order chi connectivity index (χ0) is 16.7. The third-order valence-corrected chi connectivity index (χ3v) is 3.67. The van der Waals surface area contributed by atoms with E-state index in [2.05, 4.69) is 20.0 Å². The first-order chi connectivity index (χ1) is 10.4. The van der Waals surface area contributed by atoms with Gasteiger partial charge in [0, 0.05) is 11.9 Å². The van der Waals surface area contributed by atoms with Crippen molar-refractivity contribution in [1.29, 1.82) is 0 Å². The number of hydrogen-bond donors (Lipinski definition) is 1. The highest BCUT2D eigenvalue weighted by molar-refractivity contribution is 6.36. The highest BCUT2D eigenvalue weighted by atomic mass is 35.5. The lowest BCUT2D eigenvalue weighted by molar-refractivity contribution is 0.0594. The molecule has 0 unspecified atom stereocenters. The largest absolute Gasteiger partial charge is 0.464 e. The van der Waals surface area contributed by atoms with Crippen LogP contribution in [0.2, 0.25) is 10.3 Å². The minimum atomic E-state index is -0.683. The summed E-state index contributed by atoms with van der Waals surface area (Å²) in [5, 5.41) is 2.98. The van der Waals surface area contributed by atoms with Gasteiger partial charge in [0.05, 0.1) is 20.3 Å². The van der Waals surface area contributed by atoms with Gasteiger partial charge in [-0.2, -0.15) is 4.98 Å². The van der Waals surface area contributed by atoms with Crippen LogP contribution in [0.1, 0.15) is 24.3 Å². The van der Waals surface area contributed by atoms with E-state index in [0.717, 1.165) is 0 Å². The number of alkyl halides is 1. The van der Waals surface area contributed by atoms with Crippen molar-refractivity contribution in [2.75, 3.05) is 31.5 Å². The predicted octanol–water partition coefficient (Wildman–Crippen LogP) is 3.26. The van der Waals surface area contributed by atoms with Crippen LogP contribution in [0.4, 0.5) is 5.82 Å². The van der Waals surface area contributed by atoms with E-state index in [1.807, 2.05) is 13.8 Å². The molecule has 9 heteroatoms. The summed E-state index contributed by atoms with van der Waals surface area (Å²) in [6.45, 7) is 4.86. The van der Waals surface area contributed by atoms with E-state index in [4.69, 9.17) is 39.5 Å². The first-order valence-corrected chi connectivity index (χ1v) is 7.89. The molecule has 0 aromatic carbocycles. The Morgan fingerprint density at radius 3 is 2.55 bits per heavy atom. The molecule has 0 aliphatic rings. The van der Waals surface area contributed by atoms with Crippen LogP contribution in [0.3, 0.4) is 0 Å². The van der Waals surface area contributed by atoms with Gasteiger partial charge in [-0.1, -0.05) is 18.5 Å². The number of anilines is 1. The molecule has 1 rings (SSSR count). The van der Waals surface area contributed by atoms with E-state index < -0.39 is 5.97 Å². The summed E-state index contributed by atoms with van der Waals surface area (Å²) in [6, 6.07) is -0.100. The number of aromatic nitrogens is 2. The van der Waals surface area contributed by atoms with Gasteiger partial charge in [0.25, 0.3) is 0 Å². The van der Waals surface area contributed by atoms with Crippen molar-refractivity contribution in [3.63, 3.8) is 0 Å². The lowest BCUT2D eigenvalue weighted by Gasteiger charge is -2.17. The molecule has 1 N–H and O–H groups in total. The van der Waals surface area contributed by atoms with Crippen LogP contribution in [-0.2, 0) is 9.47 Å². The number of carbonyl (C=O) groups is 1. The Balaban J connectivity index is 2.72. The van der Waals surface area contributed by atoms with E-state index in [-0.39, 0.29) is 33.8 Å². The van der Waals surface area contributed by atoms with Gasteiger partial charge in [0.15, 0.2) is 11.5 Å². The number of esters is 1. The standard InChI is InChI=1S/C13H18Cl3N3O3/c1-7(4-14)5-22-6-8(2)17-11-9(15)10(12(20)21-3)18-13(16)19-11/h7-8H,4-6H2,1-3H3,(H,17,18,19)/t7-,8+/m0/s1. The van der Waals surface area contributed by atoms with Crippen molar-refractivity contribution in [2.24, 2.45) is 5.92 Å². The molecule has 0 saturated heterocycles. The number of ether oxygens (including phenoxy) is 2. The monoisotopic (exact) mass is 369 g/mol. The number of nitrogens with zero attached hydrogens (tertiary/aromatic N) is 2. The number of methoxy groups -OCH3 is 1. The molecule has 1 aromatic heterocycles. The summed E-state index contributed by atoms with van der Waals surface area (Å²) in [5.41, 5.74) is -0.0875. The van der Waals surface area contributed by atoms with Gasteiger partial charge in [0.2, 0.25) is 5.28 Å². The molecule has 1 aromatic rings. The summed E-state index contributed by atoms with van der Waals surface area (Å²) in [7, 11) is 1.23. The van der Waals surface area contributed by atoms with Crippen LogP contribution in [0.5, 0.6) is 0 Å². The van der Waals surface area contributed by atoms with Gasteiger partial charge in [0.1, 0.15) is 5.02 Å². The summed E-state index contributed by atoms with van der Waals surface area (Å²) in [4.78, 5) is 19.3. The Bertz CT molecular complexity index is 517. The molecule has 0 bridgehead atoms. The second kappa shape index (κ2) is 9.35. The topological polar surface area (TPSA) is 73.3 Å². The maximum Gasteiger partial charge on any atom is 0.358 e. The fourth-order valence-electron chi connectivity index (χ4n) is 1.51. The number of halogens is 3. The number of hydrogen-bond acceptors (Lipinski definition) is 6. The molecular formula is C13H18Cl3N3O3. The van der Waals surface area contributed by atoms with Crippen molar-refractivity contribution in [3.8, 4) is 0 Å². The van der Waals surface area contributed by atoms with Gasteiger partial charge < -0.3 is 14.8 Å². The van der Waals surface area contributed by atoms with Gasteiger partial charge >= 0.3 is 5.97 Å². The summed E-state index contributed by atoms with van der Waals surface area (Å²) >= 11 is 17.6. The van der Waals surface area contributed by atoms with Gasteiger partial charge in [-0.15, -0.1) is 11.6 Å². The van der Waals surface area contributed by atoms with Crippen molar-refractivity contribution < 1.29 is 14.3 Å². The van der Waals surface area contributed by atoms with Crippen LogP contribution in [-0.4, -0.2) is 48.2 Å². The Labute approximate surface area is 144 Å². The van der Waals surface area contributed by atoms with E-state index in [9.17, 15) is 4.79 Å². The van der Waals surface area contributed by atoms with Crippen LogP contribution in [0.25, 0.3) is 0 Å². The Kier molecular flexibility index (Phi) is 8.17. The molecule has 22 heavy (non-hydrogen) atoms. The van der Waals surface area contributed by atoms with Gasteiger partial charge in [-0.05, 0) is 24.4 Å². The van der Waals surface area contributed by atoms with Crippen molar-refractivity contribution in [2.45, 2.75) is 19.9 Å². The molecule has 0 saturated carbocycles. The van der Waals surface area contributed by atoms with Crippen LogP contribution >= 0.6 is 34.8 Å². The normalized spacial score (nSPS) is 13.5. The molecular weight excluding hydrogens is 353 g/mol. The number of rotatable bonds is 8. The quantitative estimate of drug-likeness (QED) is 0.430. The lowest BCUT2D eigenvalue weighted by atomic mass is 10.2. The summed E-state index contributed by atoms with van der Waals surface area (Å²) in [5.74, 6) is 0.384. The molecule has 0 aliphatic carbocycles. The van der Waals surface area contributed by atoms with Crippen molar-refractivity contribution in [3.05, 3.63) is 16.0 Å². The zero-order valence-electron chi connectivity index (χ0n) is 12.5. The Hall–Kier alpha value is -0.820. The summed E-state index contributed by atoms with van der Waals surface area (Å²) < 4.78 is 10.1. The van der Waals surface area contributed by atoms with Gasteiger partial charge in [-0.3, -0.25) is 0 Å². The predicted molar refractivity (Wildman–Crippen MR) is 87.2 cm³/mol. The Morgan fingerprint density at radius 2 is 1.95 bits per heavy atom. The fourth-order valence-corrected chi connectivity index (χ4v) is 1.99. The molecule has 0 spiro atoms. The molecule has 6 nitrogen and oxygen atoms in total. The third kappa shape index (κ3) is 5.76. The minimum absolute atomic E-state index is 0.0530. The first kappa shape index (κ1) is 19.2. The Morgan fingerprint density at radius 1 is 1.27 bits per heavy atom. The second-order valence-electron chi connectivity index (χ2n) is 4.84. The van der Waals surface area contributed by atoms with E-state index in [1.165, 1.54) is 7.11 Å². The van der Waals surface area contributed by atoms with Crippen LogP contribution < -0.4 is 5.32 Å². The highest BCUT2D eigenvalue weighted by Gasteiger charge is 2.20. The molecule has 124 valence electrons. The smallest absolute Gasteiger partial charge is 0.358 e. The first-order valence-electron chi connectivity index (χ1n) is 6.60.